The monoisotopic (exact) mass is 202 g/mol. The van der Waals surface area contributed by atoms with Crippen LogP contribution in [0.5, 0.6) is 5.75 Å². The lowest BCUT2D eigenvalue weighted by atomic mass is 10.1. The van der Waals surface area contributed by atoms with E-state index in [-0.39, 0.29) is 18.7 Å². The third-order valence-electron chi connectivity index (χ3n) is 2.69. The maximum atomic E-state index is 13.2. The average molecular weight is 202 g/mol. The van der Waals surface area contributed by atoms with Gasteiger partial charge in [-0.05, 0) is 12.8 Å². The topological polar surface area (TPSA) is 38.1 Å². The highest BCUT2D eigenvalue weighted by Crippen LogP contribution is 2.41. The van der Waals surface area contributed by atoms with E-state index < -0.39 is 11.8 Å². The lowest BCUT2D eigenvalue weighted by Crippen LogP contribution is -2.26. The fourth-order valence-corrected chi connectivity index (χ4v) is 1.90. The van der Waals surface area contributed by atoms with E-state index in [0.29, 0.717) is 12.8 Å². The van der Waals surface area contributed by atoms with E-state index in [2.05, 4.69) is 5.10 Å². The molecule has 14 heavy (non-hydrogen) atoms. The van der Waals surface area contributed by atoms with E-state index in [1.54, 1.807) is 0 Å². The van der Waals surface area contributed by atoms with Crippen molar-refractivity contribution in [2.75, 3.05) is 0 Å². The second kappa shape index (κ2) is 3.22. The molecule has 1 aliphatic carbocycles. The molecule has 78 valence electrons. The molecule has 0 aliphatic heterocycles. The second-order valence-electron chi connectivity index (χ2n) is 3.77. The van der Waals surface area contributed by atoms with Gasteiger partial charge in [-0.25, -0.2) is 8.78 Å². The van der Waals surface area contributed by atoms with Crippen molar-refractivity contribution in [3.05, 3.63) is 12.4 Å². The number of nitrogens with zero attached hydrogens (tertiary/aromatic N) is 2. The molecular formula is C9H12F2N2O. The molecule has 0 radical (unpaired) electrons. The van der Waals surface area contributed by atoms with Crippen LogP contribution in [0.25, 0.3) is 0 Å². The smallest absolute Gasteiger partial charge is 0.252 e. The van der Waals surface area contributed by atoms with Crippen LogP contribution in [0.3, 0.4) is 0 Å². The van der Waals surface area contributed by atoms with Crippen LogP contribution in [0.1, 0.15) is 19.3 Å². The molecule has 1 unspecified atom stereocenters. The lowest BCUT2D eigenvalue weighted by Gasteiger charge is -2.18. The van der Waals surface area contributed by atoms with Gasteiger partial charge in [0.25, 0.3) is 5.92 Å². The molecule has 1 aromatic heterocycles. The predicted octanol–water partition coefficient (Wildman–Crippen LogP) is 2.02. The Hall–Kier alpha value is -1.13. The van der Waals surface area contributed by atoms with Crippen LogP contribution in [0.15, 0.2) is 12.4 Å². The molecular weight excluding hydrogens is 190 g/mol. The van der Waals surface area contributed by atoms with E-state index in [4.69, 9.17) is 5.11 Å². The maximum absolute atomic E-state index is 13.2. The summed E-state index contributed by atoms with van der Waals surface area (Å²) in [6.45, 7) is 0.188. The molecule has 1 atom stereocenters. The Morgan fingerprint density at radius 2 is 2.43 bits per heavy atom. The molecule has 3 nitrogen and oxygen atoms in total. The molecule has 1 heterocycles. The predicted molar refractivity (Wildman–Crippen MR) is 46.2 cm³/mol. The van der Waals surface area contributed by atoms with Gasteiger partial charge < -0.3 is 5.11 Å². The van der Waals surface area contributed by atoms with Gasteiger partial charge in [0, 0.05) is 18.9 Å². The molecule has 0 aromatic carbocycles. The lowest BCUT2D eigenvalue weighted by molar-refractivity contribution is -0.0433. The first-order chi connectivity index (χ1) is 6.58. The highest BCUT2D eigenvalue weighted by Gasteiger charge is 2.43. The fourth-order valence-electron chi connectivity index (χ4n) is 1.90. The van der Waals surface area contributed by atoms with Crippen molar-refractivity contribution in [1.82, 2.24) is 9.78 Å². The van der Waals surface area contributed by atoms with Gasteiger partial charge >= 0.3 is 0 Å². The van der Waals surface area contributed by atoms with E-state index in [9.17, 15) is 8.78 Å². The first-order valence-corrected chi connectivity index (χ1v) is 4.67. The Bertz CT molecular complexity index is 324. The van der Waals surface area contributed by atoms with Crippen LogP contribution in [0.4, 0.5) is 8.78 Å². The molecule has 1 aliphatic rings. The molecule has 0 spiro atoms. The highest BCUT2D eigenvalue weighted by molar-refractivity contribution is 5.08. The van der Waals surface area contributed by atoms with Gasteiger partial charge in [0.15, 0.2) is 5.75 Å². The standard InChI is InChI=1S/C9H12F2N2O/c10-9(11)3-1-2-7(9)5-13-6-8(14)4-12-13/h4,6-7,14H,1-3,5H2. The van der Waals surface area contributed by atoms with Crippen molar-refractivity contribution in [1.29, 1.82) is 0 Å². The summed E-state index contributed by atoms with van der Waals surface area (Å²) in [5.41, 5.74) is 0. The SMILES string of the molecule is Oc1cnn(CC2CCCC2(F)F)c1. The summed E-state index contributed by atoms with van der Waals surface area (Å²) in [5.74, 6) is -3.19. The second-order valence-corrected chi connectivity index (χ2v) is 3.77. The minimum Gasteiger partial charge on any atom is -0.505 e. The first-order valence-electron chi connectivity index (χ1n) is 4.67. The summed E-state index contributed by atoms with van der Waals surface area (Å²) < 4.78 is 27.8. The van der Waals surface area contributed by atoms with Crippen molar-refractivity contribution >= 4 is 0 Å². The van der Waals surface area contributed by atoms with Crippen LogP contribution in [-0.2, 0) is 6.54 Å². The summed E-state index contributed by atoms with van der Waals surface area (Å²) in [7, 11) is 0. The summed E-state index contributed by atoms with van der Waals surface area (Å²) in [5, 5.41) is 12.8. The normalized spacial score (nSPS) is 25.4. The number of halogens is 2. The quantitative estimate of drug-likeness (QED) is 0.796. The van der Waals surface area contributed by atoms with Crippen LogP contribution in [-0.4, -0.2) is 20.8 Å². The van der Waals surface area contributed by atoms with Crippen molar-refractivity contribution in [2.24, 2.45) is 5.92 Å². The van der Waals surface area contributed by atoms with Crippen LogP contribution in [0.2, 0.25) is 0 Å². The molecule has 2 rings (SSSR count). The molecule has 5 heteroatoms. The fraction of sp³-hybridized carbons (Fsp3) is 0.667. The number of hydrogen-bond acceptors (Lipinski definition) is 2. The summed E-state index contributed by atoms with van der Waals surface area (Å²) in [6, 6.07) is 0. The van der Waals surface area contributed by atoms with Crippen molar-refractivity contribution in [3.8, 4) is 5.75 Å². The molecule has 1 aromatic rings. The zero-order valence-electron chi connectivity index (χ0n) is 7.66. The molecule has 1 N–H and O–H groups in total. The number of alkyl halides is 2. The molecule has 0 amide bonds. The Morgan fingerprint density at radius 1 is 1.64 bits per heavy atom. The van der Waals surface area contributed by atoms with Crippen LogP contribution < -0.4 is 0 Å². The molecule has 0 saturated heterocycles. The number of aromatic hydroxyl groups is 1. The van der Waals surface area contributed by atoms with Gasteiger partial charge in [-0.15, -0.1) is 0 Å². The van der Waals surface area contributed by atoms with Gasteiger partial charge in [0.05, 0.1) is 12.4 Å². The van der Waals surface area contributed by atoms with Gasteiger partial charge in [-0.1, -0.05) is 0 Å². The van der Waals surface area contributed by atoms with Crippen LogP contribution >= 0.6 is 0 Å². The molecule has 0 bridgehead atoms. The third-order valence-corrected chi connectivity index (χ3v) is 2.69. The minimum atomic E-state index is -2.57. The van der Waals surface area contributed by atoms with Gasteiger partial charge in [0.2, 0.25) is 0 Å². The summed E-state index contributed by atoms with van der Waals surface area (Å²) in [6.07, 6.45) is 3.71. The highest BCUT2D eigenvalue weighted by atomic mass is 19.3. The van der Waals surface area contributed by atoms with Crippen molar-refractivity contribution in [3.63, 3.8) is 0 Å². The average Bonchev–Trinajstić information content (AvgIpc) is 2.61. The van der Waals surface area contributed by atoms with Gasteiger partial charge in [-0.3, -0.25) is 4.68 Å². The first kappa shape index (κ1) is 9.43. The van der Waals surface area contributed by atoms with Crippen molar-refractivity contribution in [2.45, 2.75) is 31.7 Å². The Morgan fingerprint density at radius 3 is 2.93 bits per heavy atom. The van der Waals surface area contributed by atoms with Crippen molar-refractivity contribution < 1.29 is 13.9 Å². The Kier molecular flexibility index (Phi) is 2.17. The van der Waals surface area contributed by atoms with E-state index in [1.807, 2.05) is 0 Å². The number of aromatic nitrogens is 2. The summed E-state index contributed by atoms with van der Waals surface area (Å²) >= 11 is 0. The molecule has 1 fully saturated rings. The Labute approximate surface area is 80.3 Å². The van der Waals surface area contributed by atoms with E-state index in [1.165, 1.54) is 17.1 Å². The van der Waals surface area contributed by atoms with Gasteiger partial charge in [-0.2, -0.15) is 5.10 Å². The number of hydrogen-bond donors (Lipinski definition) is 1. The van der Waals surface area contributed by atoms with Gasteiger partial charge in [0.1, 0.15) is 0 Å². The zero-order chi connectivity index (χ0) is 10.2. The maximum Gasteiger partial charge on any atom is 0.252 e. The van der Waals surface area contributed by atoms with E-state index >= 15 is 0 Å². The minimum absolute atomic E-state index is 0.0197. The Balaban J connectivity index is 2.04. The largest absolute Gasteiger partial charge is 0.505 e. The third kappa shape index (κ3) is 1.71. The molecule has 1 saturated carbocycles. The van der Waals surface area contributed by atoms with Crippen LogP contribution in [0, 0.1) is 5.92 Å². The van der Waals surface area contributed by atoms with E-state index in [0.717, 1.165) is 0 Å². The zero-order valence-corrected chi connectivity index (χ0v) is 7.66. The number of rotatable bonds is 2. The summed E-state index contributed by atoms with van der Waals surface area (Å²) in [4.78, 5) is 0.